The van der Waals surface area contributed by atoms with Crippen molar-refractivity contribution in [3.05, 3.63) is 30.1 Å². The van der Waals surface area contributed by atoms with Crippen molar-refractivity contribution in [3.63, 3.8) is 0 Å². The topological polar surface area (TPSA) is 61.8 Å². The average Bonchev–Trinajstić information content (AvgIpc) is 3.59. The van der Waals surface area contributed by atoms with Crippen molar-refractivity contribution in [2.45, 2.75) is 76.4 Å². The number of ether oxygens (including phenoxy) is 1. The standard InChI is InChI=1S/C20H29FN2O3.C3H6/c21-16-3-7-18(8-4-16)26-19-10-13-23(14-11-19)12-9-15-1-5-17(6-2-15)22-20(24)25;1-2-3-1/h3-4,7-8,15,17,19,22H,1-2,5-6,9-14H2,(H,24,25);1-3H2. The zero-order valence-corrected chi connectivity index (χ0v) is 17.3. The van der Waals surface area contributed by atoms with Crippen LogP contribution in [0.2, 0.25) is 0 Å². The maximum absolute atomic E-state index is 12.9. The van der Waals surface area contributed by atoms with E-state index in [1.165, 1.54) is 37.8 Å². The van der Waals surface area contributed by atoms with Gasteiger partial charge < -0.3 is 20.1 Å². The monoisotopic (exact) mass is 406 g/mol. The first kappa shape index (κ1) is 21.9. The van der Waals surface area contributed by atoms with Crippen LogP contribution in [-0.2, 0) is 0 Å². The molecule has 0 aromatic heterocycles. The lowest BCUT2D eigenvalue weighted by atomic mass is 9.84. The van der Waals surface area contributed by atoms with Crippen LogP contribution in [0.25, 0.3) is 0 Å². The quantitative estimate of drug-likeness (QED) is 0.693. The number of nitrogens with one attached hydrogen (secondary N) is 1. The summed E-state index contributed by atoms with van der Waals surface area (Å²) in [4.78, 5) is 13.2. The van der Waals surface area contributed by atoms with Gasteiger partial charge in [0.2, 0.25) is 0 Å². The highest BCUT2D eigenvalue weighted by Gasteiger charge is 2.24. The number of nitrogens with zero attached hydrogens (tertiary/aromatic N) is 1. The lowest BCUT2D eigenvalue weighted by molar-refractivity contribution is 0.0948. The van der Waals surface area contributed by atoms with Crippen molar-refractivity contribution >= 4 is 6.09 Å². The number of hydrogen-bond donors (Lipinski definition) is 2. The maximum Gasteiger partial charge on any atom is 0.404 e. The van der Waals surface area contributed by atoms with E-state index < -0.39 is 6.09 Å². The molecule has 1 amide bonds. The summed E-state index contributed by atoms with van der Waals surface area (Å²) in [6, 6.07) is 6.40. The first-order valence-corrected chi connectivity index (χ1v) is 11.2. The van der Waals surface area contributed by atoms with Gasteiger partial charge >= 0.3 is 6.09 Å². The molecular weight excluding hydrogens is 371 g/mol. The molecule has 0 atom stereocenters. The van der Waals surface area contributed by atoms with E-state index in [1.54, 1.807) is 12.1 Å². The largest absolute Gasteiger partial charge is 0.490 e. The van der Waals surface area contributed by atoms with E-state index in [0.717, 1.165) is 69.8 Å². The molecule has 6 heteroatoms. The van der Waals surface area contributed by atoms with Crippen molar-refractivity contribution in [2.75, 3.05) is 19.6 Å². The Morgan fingerprint density at radius 1 is 1.03 bits per heavy atom. The van der Waals surface area contributed by atoms with Gasteiger partial charge in [-0.3, -0.25) is 0 Å². The minimum Gasteiger partial charge on any atom is -0.490 e. The van der Waals surface area contributed by atoms with E-state index in [-0.39, 0.29) is 18.0 Å². The first-order valence-electron chi connectivity index (χ1n) is 11.2. The van der Waals surface area contributed by atoms with Gasteiger partial charge in [-0.1, -0.05) is 19.3 Å². The lowest BCUT2D eigenvalue weighted by Gasteiger charge is -2.34. The molecule has 0 unspecified atom stereocenters. The van der Waals surface area contributed by atoms with Gasteiger partial charge in [0.05, 0.1) is 0 Å². The summed E-state index contributed by atoms with van der Waals surface area (Å²) in [5.41, 5.74) is 0. The van der Waals surface area contributed by atoms with Crippen LogP contribution in [-0.4, -0.2) is 47.9 Å². The molecule has 0 radical (unpaired) electrons. The summed E-state index contributed by atoms with van der Waals surface area (Å²) >= 11 is 0. The summed E-state index contributed by atoms with van der Waals surface area (Å²) in [6.45, 7) is 3.20. The molecule has 3 aliphatic rings. The Bertz CT molecular complexity index is 604. The summed E-state index contributed by atoms with van der Waals surface area (Å²) in [5.74, 6) is 1.23. The van der Waals surface area contributed by atoms with Crippen molar-refractivity contribution in [2.24, 2.45) is 5.92 Å². The summed E-state index contributed by atoms with van der Waals surface area (Å²) < 4.78 is 18.9. The number of likely N-dealkylation sites (tertiary alicyclic amines) is 1. The fraction of sp³-hybridized carbons (Fsp3) is 0.696. The third-order valence-corrected chi connectivity index (χ3v) is 6.03. The molecule has 0 spiro atoms. The van der Waals surface area contributed by atoms with Crippen molar-refractivity contribution < 1.29 is 19.0 Å². The van der Waals surface area contributed by atoms with Crippen LogP contribution in [0.3, 0.4) is 0 Å². The van der Waals surface area contributed by atoms with E-state index in [1.807, 2.05) is 0 Å². The van der Waals surface area contributed by atoms with Crippen LogP contribution in [0.5, 0.6) is 5.75 Å². The van der Waals surface area contributed by atoms with Crippen molar-refractivity contribution in [1.29, 1.82) is 0 Å². The maximum atomic E-state index is 12.9. The van der Waals surface area contributed by atoms with Gasteiger partial charge in [0.1, 0.15) is 17.7 Å². The lowest BCUT2D eigenvalue weighted by Crippen LogP contribution is -2.40. The number of hydrogen-bond acceptors (Lipinski definition) is 3. The van der Waals surface area contributed by atoms with Gasteiger partial charge in [0.25, 0.3) is 0 Å². The van der Waals surface area contributed by atoms with E-state index in [4.69, 9.17) is 9.84 Å². The molecule has 1 aliphatic heterocycles. The molecular formula is C23H35FN2O3. The molecule has 5 nitrogen and oxygen atoms in total. The first-order chi connectivity index (χ1) is 14.1. The van der Waals surface area contributed by atoms with E-state index in [9.17, 15) is 9.18 Å². The second-order valence-electron chi connectivity index (χ2n) is 8.63. The molecule has 4 rings (SSSR count). The summed E-state index contributed by atoms with van der Waals surface area (Å²) in [5, 5.41) is 11.4. The molecule has 1 aromatic carbocycles. The van der Waals surface area contributed by atoms with E-state index >= 15 is 0 Å². The number of amides is 1. The highest BCUT2D eigenvalue weighted by molar-refractivity contribution is 5.64. The number of carboxylic acid groups (broad SMARTS) is 1. The van der Waals surface area contributed by atoms with Crippen LogP contribution in [0, 0.1) is 11.7 Å². The fourth-order valence-electron chi connectivity index (χ4n) is 4.09. The molecule has 1 saturated heterocycles. The second kappa shape index (κ2) is 11.4. The van der Waals surface area contributed by atoms with E-state index in [0.29, 0.717) is 0 Å². The summed E-state index contributed by atoms with van der Waals surface area (Å²) in [6.07, 6.45) is 11.2. The van der Waals surface area contributed by atoms with Gasteiger partial charge in [-0.05, 0) is 81.7 Å². The van der Waals surface area contributed by atoms with E-state index in [2.05, 4.69) is 10.2 Å². The predicted molar refractivity (Wildman–Crippen MR) is 112 cm³/mol. The molecule has 29 heavy (non-hydrogen) atoms. The fourth-order valence-corrected chi connectivity index (χ4v) is 4.09. The average molecular weight is 407 g/mol. The van der Waals surface area contributed by atoms with Crippen LogP contribution >= 0.6 is 0 Å². The normalized spacial score (nSPS) is 24.9. The minimum atomic E-state index is -0.904. The Morgan fingerprint density at radius 3 is 2.21 bits per heavy atom. The molecule has 2 aliphatic carbocycles. The highest BCUT2D eigenvalue weighted by atomic mass is 19.1. The molecule has 3 fully saturated rings. The van der Waals surface area contributed by atoms with Gasteiger partial charge in [0, 0.05) is 19.1 Å². The van der Waals surface area contributed by atoms with Crippen LogP contribution in [0.15, 0.2) is 24.3 Å². The number of halogens is 1. The molecule has 2 saturated carbocycles. The number of rotatable bonds is 6. The third-order valence-electron chi connectivity index (χ3n) is 6.03. The Balaban J connectivity index is 0.000000732. The zero-order valence-electron chi connectivity index (χ0n) is 17.3. The Hall–Kier alpha value is -1.82. The SMILES string of the molecule is C1CC1.O=C(O)NC1CCC(CCN2CCC(Oc3ccc(F)cc3)CC2)CC1. The third kappa shape index (κ3) is 8.60. The predicted octanol–water partition coefficient (Wildman–Crippen LogP) is 5.06. The Kier molecular flexibility index (Phi) is 8.59. The highest BCUT2D eigenvalue weighted by Crippen LogP contribution is 2.28. The molecule has 0 bridgehead atoms. The number of carbonyl (C=O) groups is 1. The van der Waals surface area contributed by atoms with Crippen LogP contribution in [0.4, 0.5) is 9.18 Å². The molecule has 1 heterocycles. The van der Waals surface area contributed by atoms with Crippen molar-refractivity contribution in [1.82, 2.24) is 10.2 Å². The van der Waals surface area contributed by atoms with Gasteiger partial charge in [-0.2, -0.15) is 0 Å². The minimum absolute atomic E-state index is 0.142. The number of benzene rings is 1. The summed E-state index contributed by atoms with van der Waals surface area (Å²) in [7, 11) is 0. The van der Waals surface area contributed by atoms with Crippen LogP contribution < -0.4 is 10.1 Å². The van der Waals surface area contributed by atoms with Gasteiger partial charge in [0.15, 0.2) is 0 Å². The Labute approximate surface area is 173 Å². The second-order valence-corrected chi connectivity index (χ2v) is 8.63. The molecule has 2 N–H and O–H groups in total. The zero-order chi connectivity index (χ0) is 20.5. The molecule has 1 aromatic rings. The molecule has 162 valence electrons. The van der Waals surface area contributed by atoms with Gasteiger partial charge in [-0.15, -0.1) is 0 Å². The van der Waals surface area contributed by atoms with Gasteiger partial charge in [-0.25, -0.2) is 9.18 Å². The number of piperidine rings is 1. The van der Waals surface area contributed by atoms with Crippen molar-refractivity contribution in [3.8, 4) is 5.75 Å². The Morgan fingerprint density at radius 2 is 1.66 bits per heavy atom. The smallest absolute Gasteiger partial charge is 0.404 e. The van der Waals surface area contributed by atoms with Crippen LogP contribution in [0.1, 0.15) is 64.2 Å².